The first-order valence-electron chi connectivity index (χ1n) is 9.82. The first-order valence-corrected chi connectivity index (χ1v) is 9.82. The largest absolute Gasteiger partial charge is 0.255 e. The van der Waals surface area contributed by atoms with Gasteiger partial charge >= 0.3 is 0 Å². The minimum Gasteiger partial charge on any atom is -0.255 e. The van der Waals surface area contributed by atoms with Gasteiger partial charge in [0.25, 0.3) is 0 Å². The van der Waals surface area contributed by atoms with Crippen molar-refractivity contribution in [1.29, 1.82) is 0 Å². The lowest BCUT2D eigenvalue weighted by molar-refractivity contribution is 0.645. The van der Waals surface area contributed by atoms with E-state index in [1.807, 2.05) is 0 Å². The molecule has 0 bridgehead atoms. The van der Waals surface area contributed by atoms with E-state index in [1.54, 1.807) is 0 Å². The number of nitrogens with zero attached hydrogens (tertiary/aromatic N) is 1. The predicted molar refractivity (Wildman–Crippen MR) is 114 cm³/mol. The average Bonchev–Trinajstić information content (AvgIpc) is 2.53. The Bertz CT molecular complexity index is 899. The van der Waals surface area contributed by atoms with Gasteiger partial charge in [0.2, 0.25) is 0 Å². The van der Waals surface area contributed by atoms with E-state index < -0.39 is 0 Å². The van der Waals surface area contributed by atoms with Crippen molar-refractivity contribution in [2.24, 2.45) is 11.8 Å². The highest BCUT2D eigenvalue weighted by atomic mass is 14.7. The highest BCUT2D eigenvalue weighted by Crippen LogP contribution is 2.32. The number of benzene rings is 2. The zero-order valence-electron chi connectivity index (χ0n) is 17.1. The average molecular weight is 346 g/mol. The summed E-state index contributed by atoms with van der Waals surface area (Å²) in [5, 5.41) is 2.65. The second-order valence-electron chi connectivity index (χ2n) is 8.58. The van der Waals surface area contributed by atoms with E-state index in [0.717, 1.165) is 18.5 Å². The van der Waals surface area contributed by atoms with Crippen LogP contribution in [0.3, 0.4) is 0 Å². The Labute approximate surface area is 158 Å². The summed E-state index contributed by atoms with van der Waals surface area (Å²) in [7, 11) is 0. The van der Waals surface area contributed by atoms with E-state index in [2.05, 4.69) is 84.1 Å². The zero-order chi connectivity index (χ0) is 18.8. The molecular formula is C25H31N. The van der Waals surface area contributed by atoms with Crippen LogP contribution in [0.25, 0.3) is 22.0 Å². The predicted octanol–water partition coefficient (Wildman–Crippen LogP) is 6.92. The number of pyridine rings is 1. The van der Waals surface area contributed by atoms with Gasteiger partial charge in [-0.15, -0.1) is 0 Å². The summed E-state index contributed by atoms with van der Waals surface area (Å²) < 4.78 is 0. The Hall–Kier alpha value is -2.15. The Morgan fingerprint density at radius 2 is 1.42 bits per heavy atom. The normalized spacial score (nSPS) is 11.7. The first-order chi connectivity index (χ1) is 12.3. The van der Waals surface area contributed by atoms with E-state index in [-0.39, 0.29) is 0 Å². The van der Waals surface area contributed by atoms with Crippen molar-refractivity contribution in [2.75, 3.05) is 0 Å². The lowest BCUT2D eigenvalue weighted by atomic mass is 9.92. The molecule has 1 aromatic heterocycles. The monoisotopic (exact) mass is 345 g/mol. The number of aromatic nitrogens is 1. The van der Waals surface area contributed by atoms with Crippen molar-refractivity contribution in [3.63, 3.8) is 0 Å². The summed E-state index contributed by atoms with van der Waals surface area (Å²) in [5.41, 5.74) is 7.70. The lowest BCUT2D eigenvalue weighted by Crippen LogP contribution is -2.00. The van der Waals surface area contributed by atoms with Crippen LogP contribution in [0.2, 0.25) is 0 Å². The maximum Gasteiger partial charge on any atom is 0.0780 e. The molecule has 0 saturated carbocycles. The van der Waals surface area contributed by atoms with E-state index in [4.69, 9.17) is 4.98 Å². The topological polar surface area (TPSA) is 12.9 Å². The molecule has 0 fully saturated rings. The SMILES string of the molecule is Cc1cc(C)cc(-c2ncc(CC(C)C)c3cc(CC(C)C)ccc23)c1. The van der Waals surface area contributed by atoms with Crippen LogP contribution in [0.1, 0.15) is 49.9 Å². The molecule has 1 heteroatoms. The molecule has 26 heavy (non-hydrogen) atoms. The van der Waals surface area contributed by atoms with Crippen molar-refractivity contribution in [1.82, 2.24) is 4.98 Å². The van der Waals surface area contributed by atoms with Crippen LogP contribution in [0.4, 0.5) is 0 Å². The van der Waals surface area contributed by atoms with Gasteiger partial charge in [-0.2, -0.15) is 0 Å². The number of fused-ring (bicyclic) bond motifs is 1. The van der Waals surface area contributed by atoms with Crippen LogP contribution in [0, 0.1) is 25.7 Å². The zero-order valence-corrected chi connectivity index (χ0v) is 17.1. The fraction of sp³-hybridized carbons (Fsp3) is 0.400. The highest BCUT2D eigenvalue weighted by molar-refractivity contribution is 5.97. The van der Waals surface area contributed by atoms with Gasteiger partial charge in [0, 0.05) is 17.1 Å². The molecule has 0 amide bonds. The van der Waals surface area contributed by atoms with Crippen LogP contribution in [0.5, 0.6) is 0 Å². The maximum atomic E-state index is 4.90. The molecule has 0 aliphatic rings. The second-order valence-corrected chi connectivity index (χ2v) is 8.58. The van der Waals surface area contributed by atoms with Crippen LogP contribution >= 0.6 is 0 Å². The van der Waals surface area contributed by atoms with Crippen LogP contribution < -0.4 is 0 Å². The van der Waals surface area contributed by atoms with Crippen LogP contribution in [0.15, 0.2) is 42.6 Å². The molecule has 136 valence electrons. The van der Waals surface area contributed by atoms with Crippen molar-refractivity contribution >= 4 is 10.8 Å². The molecule has 1 heterocycles. The third-order valence-electron chi connectivity index (χ3n) is 4.80. The molecule has 0 aliphatic carbocycles. The van der Waals surface area contributed by atoms with Gasteiger partial charge in [0.15, 0.2) is 0 Å². The fourth-order valence-electron chi connectivity index (χ4n) is 3.89. The lowest BCUT2D eigenvalue weighted by Gasteiger charge is -2.15. The molecule has 2 aromatic carbocycles. The van der Waals surface area contributed by atoms with Gasteiger partial charge in [-0.05, 0) is 67.2 Å². The van der Waals surface area contributed by atoms with Gasteiger partial charge in [0.1, 0.15) is 0 Å². The van der Waals surface area contributed by atoms with Gasteiger partial charge in [-0.3, -0.25) is 4.98 Å². The van der Waals surface area contributed by atoms with Crippen molar-refractivity contribution in [3.8, 4) is 11.3 Å². The highest BCUT2D eigenvalue weighted by Gasteiger charge is 2.12. The van der Waals surface area contributed by atoms with E-state index >= 15 is 0 Å². The summed E-state index contributed by atoms with van der Waals surface area (Å²) in [6, 6.07) is 13.7. The van der Waals surface area contributed by atoms with E-state index in [0.29, 0.717) is 11.8 Å². The molecule has 0 saturated heterocycles. The number of hydrogen-bond donors (Lipinski definition) is 0. The summed E-state index contributed by atoms with van der Waals surface area (Å²) in [4.78, 5) is 4.90. The van der Waals surface area contributed by atoms with Crippen molar-refractivity contribution in [3.05, 3.63) is 64.8 Å². The minimum atomic E-state index is 0.626. The number of hydrogen-bond acceptors (Lipinski definition) is 1. The third kappa shape index (κ3) is 4.15. The molecule has 0 spiro atoms. The standard InChI is InChI=1S/C25H31N/c1-16(2)9-20-7-8-23-24(14-20)22(10-17(3)4)15-26-25(23)21-12-18(5)11-19(6)13-21/h7-8,11-17H,9-10H2,1-6H3. The summed E-state index contributed by atoms with van der Waals surface area (Å²) >= 11 is 0. The van der Waals surface area contributed by atoms with E-state index in [9.17, 15) is 0 Å². The molecule has 0 atom stereocenters. The Balaban J connectivity index is 2.22. The quantitative estimate of drug-likeness (QED) is 0.489. The Morgan fingerprint density at radius 3 is 2.04 bits per heavy atom. The number of aryl methyl sites for hydroxylation is 2. The van der Waals surface area contributed by atoms with Crippen LogP contribution in [-0.2, 0) is 12.8 Å². The van der Waals surface area contributed by atoms with Gasteiger partial charge < -0.3 is 0 Å². The molecule has 0 radical (unpaired) electrons. The van der Waals surface area contributed by atoms with Gasteiger partial charge in [-0.25, -0.2) is 0 Å². The van der Waals surface area contributed by atoms with Crippen molar-refractivity contribution < 1.29 is 0 Å². The first kappa shape index (κ1) is 18.6. The van der Waals surface area contributed by atoms with Crippen molar-refractivity contribution in [2.45, 2.75) is 54.4 Å². The van der Waals surface area contributed by atoms with E-state index in [1.165, 1.54) is 38.6 Å². The molecule has 0 aliphatic heterocycles. The molecule has 1 nitrogen and oxygen atoms in total. The molecule has 3 aromatic rings. The smallest absolute Gasteiger partial charge is 0.0780 e. The molecule has 0 N–H and O–H groups in total. The van der Waals surface area contributed by atoms with Gasteiger partial charge in [-0.1, -0.05) is 63.1 Å². The number of rotatable bonds is 5. The molecular weight excluding hydrogens is 314 g/mol. The Kier molecular flexibility index (Phi) is 5.46. The summed E-state index contributed by atoms with van der Waals surface area (Å²) in [6.45, 7) is 13.4. The maximum absolute atomic E-state index is 4.90. The van der Waals surface area contributed by atoms with Crippen LogP contribution in [-0.4, -0.2) is 4.98 Å². The molecule has 0 unspecified atom stereocenters. The molecule has 3 rings (SSSR count). The Morgan fingerprint density at radius 1 is 0.769 bits per heavy atom. The fourth-order valence-corrected chi connectivity index (χ4v) is 3.89. The summed E-state index contributed by atoms with van der Waals surface area (Å²) in [5.74, 6) is 1.29. The summed E-state index contributed by atoms with van der Waals surface area (Å²) in [6.07, 6.45) is 4.30. The second kappa shape index (κ2) is 7.61. The third-order valence-corrected chi connectivity index (χ3v) is 4.80. The minimum absolute atomic E-state index is 0.626. The van der Waals surface area contributed by atoms with Gasteiger partial charge in [0.05, 0.1) is 5.69 Å².